The third-order valence-corrected chi connectivity index (χ3v) is 12.4. The molecular formula is C41H41F2N13O4. The fraction of sp³-hybridized carbons (Fsp3) is 0.439. The predicted molar refractivity (Wildman–Crippen MR) is 212 cm³/mol. The number of imidazole rings is 1. The first-order valence-electron chi connectivity index (χ1n) is 20.4. The fourth-order valence-corrected chi connectivity index (χ4v) is 9.44. The van der Waals surface area contributed by atoms with E-state index in [1.165, 1.54) is 16.9 Å². The second-order valence-corrected chi connectivity index (χ2v) is 16.2. The first-order chi connectivity index (χ1) is 29.1. The number of benzene rings is 1. The Morgan fingerprint density at radius 2 is 1.73 bits per heavy atom. The number of hydrogen-bond donors (Lipinski definition) is 0. The highest BCUT2D eigenvalue weighted by molar-refractivity contribution is 5.95. The molecule has 10 heterocycles. The maximum atomic E-state index is 15.4. The van der Waals surface area contributed by atoms with Crippen LogP contribution in [0.2, 0.25) is 0 Å². The zero-order valence-corrected chi connectivity index (χ0v) is 33.1. The topological polar surface area (TPSA) is 166 Å². The first-order valence-corrected chi connectivity index (χ1v) is 20.4. The van der Waals surface area contributed by atoms with E-state index in [1.807, 2.05) is 34.6 Å². The number of fused-ring (bicyclic) bond motifs is 8. The van der Waals surface area contributed by atoms with Gasteiger partial charge in [-0.05, 0) is 57.4 Å². The summed E-state index contributed by atoms with van der Waals surface area (Å²) >= 11 is 0. The Balaban J connectivity index is 1.03. The van der Waals surface area contributed by atoms with Crippen LogP contribution in [-0.4, -0.2) is 136 Å². The Labute approximate surface area is 342 Å². The maximum Gasteiger partial charge on any atom is 0.317 e. The molecule has 5 aromatic heterocycles. The van der Waals surface area contributed by atoms with E-state index in [4.69, 9.17) is 34.4 Å². The highest BCUT2D eigenvalue weighted by Crippen LogP contribution is 2.43. The highest BCUT2D eigenvalue weighted by Gasteiger charge is 2.55. The van der Waals surface area contributed by atoms with Gasteiger partial charge in [-0.25, -0.2) is 23.4 Å². The van der Waals surface area contributed by atoms with E-state index in [2.05, 4.69) is 14.6 Å². The van der Waals surface area contributed by atoms with Crippen LogP contribution in [0.5, 0.6) is 6.01 Å². The van der Waals surface area contributed by atoms with Crippen LogP contribution in [0.25, 0.3) is 39.1 Å². The molecule has 1 saturated carbocycles. The largest absolute Gasteiger partial charge is 0.458 e. The summed E-state index contributed by atoms with van der Waals surface area (Å²) in [6.07, 6.45) is 6.76. The van der Waals surface area contributed by atoms with Crippen LogP contribution in [0, 0.1) is 18.6 Å². The number of hydrogen-bond acceptors (Lipinski definition) is 13. The van der Waals surface area contributed by atoms with Gasteiger partial charge >= 0.3 is 6.01 Å². The molecule has 1 aliphatic carbocycles. The highest BCUT2D eigenvalue weighted by atomic mass is 19.1. The Bertz CT molecular complexity index is 2720. The summed E-state index contributed by atoms with van der Waals surface area (Å²) in [5.41, 5.74) is 2.93. The Morgan fingerprint density at radius 3 is 2.53 bits per heavy atom. The number of aryl methyl sites for hydroxylation is 1. The lowest BCUT2D eigenvalue weighted by molar-refractivity contribution is -0.140. The predicted octanol–water partition coefficient (Wildman–Crippen LogP) is 3.46. The van der Waals surface area contributed by atoms with Gasteiger partial charge in [-0.3, -0.25) is 14.6 Å². The van der Waals surface area contributed by atoms with Crippen molar-refractivity contribution in [2.45, 2.75) is 82.5 Å². The molecule has 6 aliphatic rings. The summed E-state index contributed by atoms with van der Waals surface area (Å²) in [7, 11) is 1.76. The van der Waals surface area contributed by atoms with Crippen LogP contribution in [0.1, 0.15) is 38.4 Å². The van der Waals surface area contributed by atoms with Gasteiger partial charge in [0.25, 0.3) is 0 Å². The molecular weight excluding hydrogens is 777 g/mol. The summed E-state index contributed by atoms with van der Waals surface area (Å²) in [5.74, 6) is -0.335. The van der Waals surface area contributed by atoms with Gasteiger partial charge in [0.2, 0.25) is 17.8 Å². The third kappa shape index (κ3) is 5.91. The van der Waals surface area contributed by atoms with E-state index in [1.54, 1.807) is 30.4 Å². The van der Waals surface area contributed by atoms with Crippen molar-refractivity contribution < 1.29 is 27.8 Å². The number of carbonyl (C=O) groups is 2. The van der Waals surface area contributed by atoms with Crippen LogP contribution in [0.15, 0.2) is 48.9 Å². The van der Waals surface area contributed by atoms with Crippen molar-refractivity contribution in [3.05, 3.63) is 66.4 Å². The minimum atomic E-state index is -0.828. The number of piperazine rings is 1. The van der Waals surface area contributed by atoms with Crippen LogP contribution >= 0.6 is 0 Å². The molecule has 0 N–H and O–H groups in total. The molecule has 308 valence electrons. The van der Waals surface area contributed by atoms with Crippen molar-refractivity contribution in [1.29, 1.82) is 0 Å². The van der Waals surface area contributed by atoms with E-state index in [0.29, 0.717) is 48.7 Å². The quantitative estimate of drug-likeness (QED) is 0.240. The number of nitrogens with zero attached hydrogens (tertiary/aromatic N) is 13. The third-order valence-electron chi connectivity index (χ3n) is 12.4. The lowest BCUT2D eigenvalue weighted by atomic mass is 9.87. The number of piperidine rings is 1. The molecule has 2 unspecified atom stereocenters. The number of carbonyl (C=O) groups excluding carboxylic acids is 2. The molecule has 0 radical (unpaired) electrons. The average molecular weight is 818 g/mol. The molecule has 5 fully saturated rings. The van der Waals surface area contributed by atoms with Crippen LogP contribution in [0.3, 0.4) is 0 Å². The Morgan fingerprint density at radius 1 is 0.883 bits per heavy atom. The molecule has 6 bridgehead atoms. The van der Waals surface area contributed by atoms with Gasteiger partial charge < -0.3 is 33.6 Å². The standard InChI is InChI=1S/C41H41F2N13O4/c1-4-59-26-18-51(3)38(57)32-15-25(60-41-45-12-9-29(48-41)34-35-30(10-11-44-34)47-21(2)52(35)20-26)19-54(32)36-27-16-46-56(31-8-5-22(42)13-28(31)43)37(27)50-40(49-36)55-24-14-33(55)39(58)53(17-24)23-6-7-23/h5,8-13,16,23-26,32-33H,4,6-7,14-15,17-20H2,1-3H3/t24?,25-,26-,32-,33?/m0/s1. The van der Waals surface area contributed by atoms with Gasteiger partial charge in [0.15, 0.2) is 11.5 Å². The van der Waals surface area contributed by atoms with E-state index in [-0.39, 0.29) is 66.7 Å². The van der Waals surface area contributed by atoms with Crippen molar-refractivity contribution in [1.82, 2.24) is 54.1 Å². The van der Waals surface area contributed by atoms with Crippen molar-refractivity contribution in [2.24, 2.45) is 0 Å². The SMILES string of the molecule is CCO[C@H]1CN(C)C(=O)[C@@H]2C[C@@H](CN2c2nc(N3C4CC3C(=O)N(C3CC3)C4)nc3c2cnn3-c2ccc(F)cc2F)Oc2nccc(n2)-c2nccc3nc(C)n(c23)C1. The molecule has 5 atom stereocenters. The second kappa shape index (κ2) is 13.9. The number of likely N-dealkylation sites (N-methyl/N-ethyl adjacent to an activating group) is 1. The normalized spacial score (nSPS) is 24.2. The molecule has 17 nitrogen and oxygen atoms in total. The van der Waals surface area contributed by atoms with Crippen LogP contribution in [0.4, 0.5) is 20.5 Å². The number of rotatable bonds is 6. The van der Waals surface area contributed by atoms with Gasteiger partial charge in [0.1, 0.15) is 47.0 Å². The summed E-state index contributed by atoms with van der Waals surface area (Å²) in [5, 5.41) is 4.98. The monoisotopic (exact) mass is 817 g/mol. The first kappa shape index (κ1) is 36.7. The molecule has 1 aromatic carbocycles. The van der Waals surface area contributed by atoms with Gasteiger partial charge in [-0.1, -0.05) is 0 Å². The summed E-state index contributed by atoms with van der Waals surface area (Å²) in [6, 6.07) is 6.01. The van der Waals surface area contributed by atoms with Gasteiger partial charge in [-0.2, -0.15) is 20.1 Å². The minimum Gasteiger partial charge on any atom is -0.458 e. The lowest BCUT2D eigenvalue weighted by Gasteiger charge is -2.55. The van der Waals surface area contributed by atoms with Crippen molar-refractivity contribution in [3.63, 3.8) is 0 Å². The molecule has 2 amide bonds. The number of amides is 2. The van der Waals surface area contributed by atoms with Crippen molar-refractivity contribution in [2.75, 3.05) is 43.1 Å². The van der Waals surface area contributed by atoms with Gasteiger partial charge in [-0.15, -0.1) is 0 Å². The molecule has 5 aliphatic heterocycles. The van der Waals surface area contributed by atoms with E-state index < -0.39 is 35.9 Å². The molecule has 0 spiro atoms. The molecule has 12 rings (SSSR count). The number of ether oxygens (including phenoxy) is 2. The average Bonchev–Trinajstić information content (AvgIpc) is 3.73. The van der Waals surface area contributed by atoms with Gasteiger partial charge in [0, 0.05) is 57.7 Å². The maximum absolute atomic E-state index is 15.4. The van der Waals surface area contributed by atoms with E-state index in [9.17, 15) is 14.0 Å². The molecule has 60 heavy (non-hydrogen) atoms. The Kier molecular flexibility index (Phi) is 8.47. The van der Waals surface area contributed by atoms with E-state index in [0.717, 1.165) is 41.8 Å². The zero-order valence-electron chi connectivity index (χ0n) is 33.1. The summed E-state index contributed by atoms with van der Waals surface area (Å²) in [4.78, 5) is 65.0. The fourth-order valence-electron chi connectivity index (χ4n) is 9.44. The molecule has 6 aromatic rings. The Hall–Kier alpha value is -6.37. The second-order valence-electron chi connectivity index (χ2n) is 16.2. The number of pyridine rings is 1. The number of aromatic nitrogens is 9. The summed E-state index contributed by atoms with van der Waals surface area (Å²) < 4.78 is 45.7. The smallest absolute Gasteiger partial charge is 0.317 e. The van der Waals surface area contributed by atoms with Crippen LogP contribution in [-0.2, 0) is 20.9 Å². The van der Waals surface area contributed by atoms with Crippen molar-refractivity contribution >= 4 is 45.6 Å². The number of anilines is 2. The molecule has 19 heteroatoms. The van der Waals surface area contributed by atoms with Crippen molar-refractivity contribution in [3.8, 4) is 23.1 Å². The van der Waals surface area contributed by atoms with Crippen LogP contribution < -0.4 is 14.5 Å². The van der Waals surface area contributed by atoms with E-state index >= 15 is 4.39 Å². The van der Waals surface area contributed by atoms with Gasteiger partial charge in [0.05, 0.1) is 53.5 Å². The zero-order chi connectivity index (χ0) is 41.0. The summed E-state index contributed by atoms with van der Waals surface area (Å²) in [6.45, 7) is 5.66. The minimum absolute atomic E-state index is 0.0151. The lowest BCUT2D eigenvalue weighted by Crippen LogP contribution is -2.72. The molecule has 4 saturated heterocycles. The number of halogens is 2.